The van der Waals surface area contributed by atoms with Crippen molar-refractivity contribution in [1.29, 1.82) is 0 Å². The molecule has 0 saturated carbocycles. The van der Waals surface area contributed by atoms with Crippen molar-refractivity contribution in [2.24, 2.45) is 0 Å². The van der Waals surface area contributed by atoms with Crippen LogP contribution in [0.5, 0.6) is 0 Å². The number of rotatable bonds is 6. The van der Waals surface area contributed by atoms with Gasteiger partial charge in [-0.25, -0.2) is 4.79 Å². The average Bonchev–Trinajstić information content (AvgIpc) is 3.25. The summed E-state index contributed by atoms with van der Waals surface area (Å²) in [5.74, 6) is -1.32. The third-order valence-corrected chi connectivity index (χ3v) is 5.97. The largest absolute Gasteiger partial charge is 0.478 e. The zero-order chi connectivity index (χ0) is 17.8. The van der Waals surface area contributed by atoms with Gasteiger partial charge >= 0.3 is 5.97 Å². The summed E-state index contributed by atoms with van der Waals surface area (Å²) >= 11 is 6.28. The van der Waals surface area contributed by atoms with Crippen LogP contribution < -0.4 is 5.32 Å². The van der Waals surface area contributed by atoms with E-state index >= 15 is 0 Å². The summed E-state index contributed by atoms with van der Waals surface area (Å²) in [4.78, 5) is 24.8. The highest BCUT2D eigenvalue weighted by atomic mass is 79.9. The van der Waals surface area contributed by atoms with Gasteiger partial charge in [-0.1, -0.05) is 34.1 Å². The van der Waals surface area contributed by atoms with Gasteiger partial charge in [0.25, 0.3) is 0 Å². The van der Waals surface area contributed by atoms with Crippen molar-refractivity contribution in [3.8, 4) is 0 Å². The maximum absolute atomic E-state index is 12.5. The first-order chi connectivity index (χ1) is 12.0. The van der Waals surface area contributed by atoms with Crippen LogP contribution in [0.3, 0.4) is 0 Å². The molecule has 0 radical (unpaired) electrons. The number of hydrogen-bond acceptors (Lipinski definition) is 4. The van der Waals surface area contributed by atoms with Crippen molar-refractivity contribution < 1.29 is 14.7 Å². The summed E-state index contributed by atoms with van der Waals surface area (Å²) in [5, 5.41) is 17.0. The predicted octanol–water partition coefficient (Wildman–Crippen LogP) is 5.43. The lowest BCUT2D eigenvalue weighted by Crippen LogP contribution is -2.17. The van der Waals surface area contributed by atoms with Crippen LogP contribution in [0.1, 0.15) is 33.1 Å². The molecule has 0 spiro atoms. The first-order valence-corrected chi connectivity index (χ1v) is 10.0. The fraction of sp³-hybridized carbons (Fsp3) is 0.111. The van der Waals surface area contributed by atoms with E-state index in [2.05, 4.69) is 21.2 Å². The number of amides is 1. The highest BCUT2D eigenvalue weighted by molar-refractivity contribution is 9.10. The SMILES string of the molecule is O=C(CC(c1ccc(Br)cc1)c1cccs1)Nc1cscc1C(=O)O. The molecule has 4 nitrogen and oxygen atoms in total. The van der Waals surface area contributed by atoms with Crippen molar-refractivity contribution in [3.05, 3.63) is 73.0 Å². The first kappa shape index (κ1) is 17.8. The van der Waals surface area contributed by atoms with Gasteiger partial charge in [-0.2, -0.15) is 0 Å². The summed E-state index contributed by atoms with van der Waals surface area (Å²) in [6.45, 7) is 0. The zero-order valence-electron chi connectivity index (χ0n) is 12.9. The molecular formula is C18H14BrNO3S2. The van der Waals surface area contributed by atoms with Gasteiger partial charge in [-0.15, -0.1) is 22.7 Å². The predicted molar refractivity (Wildman–Crippen MR) is 105 cm³/mol. The third kappa shape index (κ3) is 4.36. The van der Waals surface area contributed by atoms with E-state index in [0.717, 1.165) is 14.9 Å². The third-order valence-electron chi connectivity index (χ3n) is 3.71. The number of nitrogens with one attached hydrogen (secondary N) is 1. The van der Waals surface area contributed by atoms with Crippen LogP contribution in [0.25, 0.3) is 0 Å². The minimum Gasteiger partial charge on any atom is -0.478 e. The van der Waals surface area contributed by atoms with Gasteiger partial charge in [0, 0.05) is 32.4 Å². The minimum atomic E-state index is -1.04. The second kappa shape index (κ2) is 7.95. The molecule has 25 heavy (non-hydrogen) atoms. The van der Waals surface area contributed by atoms with Gasteiger partial charge < -0.3 is 10.4 Å². The Kier molecular flexibility index (Phi) is 5.67. The van der Waals surface area contributed by atoms with E-state index in [0.29, 0.717) is 5.69 Å². The molecule has 0 aliphatic rings. The molecule has 0 fully saturated rings. The highest BCUT2D eigenvalue weighted by Gasteiger charge is 2.21. The number of aromatic carboxylic acids is 1. The van der Waals surface area contributed by atoms with Gasteiger partial charge in [0.15, 0.2) is 0 Å². The zero-order valence-corrected chi connectivity index (χ0v) is 16.2. The lowest BCUT2D eigenvalue weighted by molar-refractivity contribution is -0.116. The second-order valence-electron chi connectivity index (χ2n) is 5.38. The summed E-state index contributed by atoms with van der Waals surface area (Å²) in [7, 11) is 0. The molecule has 1 unspecified atom stereocenters. The van der Waals surface area contributed by atoms with Crippen LogP contribution in [0.15, 0.2) is 57.0 Å². The molecule has 2 heterocycles. The summed E-state index contributed by atoms with van der Waals surface area (Å²) in [5.41, 5.74) is 1.52. The normalized spacial score (nSPS) is 11.9. The van der Waals surface area contributed by atoms with Crippen molar-refractivity contribution >= 4 is 56.2 Å². The Morgan fingerprint density at radius 1 is 1.16 bits per heavy atom. The van der Waals surface area contributed by atoms with E-state index in [1.165, 1.54) is 16.7 Å². The van der Waals surface area contributed by atoms with Crippen LogP contribution in [0, 0.1) is 0 Å². The number of carboxylic acid groups (broad SMARTS) is 1. The monoisotopic (exact) mass is 435 g/mol. The summed E-state index contributed by atoms with van der Waals surface area (Å²) in [6.07, 6.45) is 0.247. The molecule has 0 bridgehead atoms. The van der Waals surface area contributed by atoms with E-state index < -0.39 is 5.97 Å². The number of carboxylic acids is 1. The molecule has 2 N–H and O–H groups in total. The van der Waals surface area contributed by atoms with Crippen molar-refractivity contribution in [2.75, 3.05) is 5.32 Å². The Morgan fingerprint density at radius 3 is 2.56 bits per heavy atom. The molecule has 7 heteroatoms. The molecule has 0 aliphatic carbocycles. The fourth-order valence-electron chi connectivity index (χ4n) is 2.51. The Labute approximate surface area is 161 Å². The van der Waals surface area contributed by atoms with Crippen molar-refractivity contribution in [1.82, 2.24) is 0 Å². The summed E-state index contributed by atoms with van der Waals surface area (Å²) in [6, 6.07) is 11.9. The van der Waals surface area contributed by atoms with Crippen LogP contribution in [-0.4, -0.2) is 17.0 Å². The average molecular weight is 436 g/mol. The van der Waals surface area contributed by atoms with Gasteiger partial charge in [-0.3, -0.25) is 4.79 Å². The van der Waals surface area contributed by atoms with E-state index in [9.17, 15) is 9.59 Å². The number of halogens is 1. The smallest absolute Gasteiger partial charge is 0.338 e. The number of anilines is 1. The van der Waals surface area contributed by atoms with E-state index in [4.69, 9.17) is 5.11 Å². The molecular weight excluding hydrogens is 422 g/mol. The Hall–Kier alpha value is -1.96. The number of carbonyl (C=O) groups excluding carboxylic acids is 1. The van der Waals surface area contributed by atoms with E-state index in [1.54, 1.807) is 16.7 Å². The standard InChI is InChI=1S/C18H14BrNO3S2/c19-12-5-3-11(4-6-12)13(16-2-1-7-25-16)8-17(21)20-15-10-24-9-14(15)18(22)23/h1-7,9-10,13H,8H2,(H,20,21)(H,22,23). The Balaban J connectivity index is 1.80. The number of thiophene rings is 2. The topological polar surface area (TPSA) is 66.4 Å². The summed E-state index contributed by atoms with van der Waals surface area (Å²) < 4.78 is 0.981. The van der Waals surface area contributed by atoms with Crippen LogP contribution in [-0.2, 0) is 4.79 Å². The van der Waals surface area contributed by atoms with E-state index in [-0.39, 0.29) is 23.8 Å². The van der Waals surface area contributed by atoms with Gasteiger partial charge in [0.2, 0.25) is 5.91 Å². The lowest BCUT2D eigenvalue weighted by atomic mass is 9.94. The molecule has 3 rings (SSSR count). The Morgan fingerprint density at radius 2 is 1.92 bits per heavy atom. The van der Waals surface area contributed by atoms with Gasteiger partial charge in [-0.05, 0) is 29.1 Å². The number of carbonyl (C=O) groups is 2. The molecule has 0 aliphatic heterocycles. The maximum Gasteiger partial charge on any atom is 0.338 e. The van der Waals surface area contributed by atoms with Crippen LogP contribution in [0.2, 0.25) is 0 Å². The lowest BCUT2D eigenvalue weighted by Gasteiger charge is -2.16. The molecule has 128 valence electrons. The van der Waals surface area contributed by atoms with Crippen LogP contribution >= 0.6 is 38.6 Å². The second-order valence-corrected chi connectivity index (χ2v) is 8.01. The van der Waals surface area contributed by atoms with E-state index in [1.807, 2.05) is 41.8 Å². The fourth-order valence-corrected chi connectivity index (χ4v) is 4.39. The maximum atomic E-state index is 12.5. The first-order valence-electron chi connectivity index (χ1n) is 7.43. The van der Waals surface area contributed by atoms with Crippen molar-refractivity contribution in [2.45, 2.75) is 12.3 Å². The van der Waals surface area contributed by atoms with Crippen LogP contribution in [0.4, 0.5) is 5.69 Å². The molecule has 1 atom stereocenters. The molecule has 1 aromatic carbocycles. The number of hydrogen-bond donors (Lipinski definition) is 2. The molecule has 2 aromatic heterocycles. The van der Waals surface area contributed by atoms with Gasteiger partial charge in [0.1, 0.15) is 0 Å². The van der Waals surface area contributed by atoms with Crippen molar-refractivity contribution in [3.63, 3.8) is 0 Å². The minimum absolute atomic E-state index is 0.0694. The quantitative estimate of drug-likeness (QED) is 0.542. The molecule has 1 amide bonds. The molecule has 3 aromatic rings. The highest BCUT2D eigenvalue weighted by Crippen LogP contribution is 2.32. The van der Waals surface area contributed by atoms with Gasteiger partial charge in [0.05, 0.1) is 11.3 Å². The number of benzene rings is 1. The Bertz CT molecular complexity index is 872. The molecule has 0 saturated heterocycles.